The van der Waals surface area contributed by atoms with Gasteiger partial charge < -0.3 is 9.47 Å². The number of halogens is 1. The van der Waals surface area contributed by atoms with Gasteiger partial charge in [-0.25, -0.2) is 4.98 Å². The molecule has 4 nitrogen and oxygen atoms in total. The molecule has 0 atom stereocenters. The van der Waals surface area contributed by atoms with Crippen molar-refractivity contribution in [1.82, 2.24) is 14.5 Å². The van der Waals surface area contributed by atoms with Crippen LogP contribution in [0.5, 0.6) is 0 Å². The van der Waals surface area contributed by atoms with Gasteiger partial charge in [-0.2, -0.15) is 0 Å². The third kappa shape index (κ3) is 4.96. The number of carbonyl (C=O) groups excluding carboxylic acids is 1. The second kappa shape index (κ2) is 9.10. The lowest BCUT2D eigenvalue weighted by Gasteiger charge is -2.22. The van der Waals surface area contributed by atoms with Crippen molar-refractivity contribution in [1.29, 1.82) is 0 Å². The van der Waals surface area contributed by atoms with E-state index >= 15 is 0 Å². The Morgan fingerprint density at radius 1 is 1.17 bits per heavy atom. The molecule has 0 fully saturated rings. The van der Waals surface area contributed by atoms with Crippen molar-refractivity contribution in [2.24, 2.45) is 0 Å². The fraction of sp³-hybridized carbons (Fsp3) is 0.250. The Labute approximate surface area is 177 Å². The summed E-state index contributed by atoms with van der Waals surface area (Å²) in [6.07, 6.45) is 5.48. The summed E-state index contributed by atoms with van der Waals surface area (Å²) in [7, 11) is 0. The summed E-state index contributed by atoms with van der Waals surface area (Å²) in [6, 6.07) is 11.3. The maximum atomic E-state index is 13.0. The van der Waals surface area contributed by atoms with Gasteiger partial charge in [0.1, 0.15) is 5.82 Å². The van der Waals surface area contributed by atoms with E-state index < -0.39 is 0 Å². The molecule has 0 saturated carbocycles. The minimum atomic E-state index is -0.0705. The summed E-state index contributed by atoms with van der Waals surface area (Å²) in [5.41, 5.74) is 5.68. The molecule has 0 unspecified atom stereocenters. The smallest absolute Gasteiger partial charge is 0.254 e. The number of rotatable bonds is 7. The van der Waals surface area contributed by atoms with Gasteiger partial charge in [0.25, 0.3) is 5.91 Å². The van der Waals surface area contributed by atoms with E-state index in [9.17, 15) is 4.79 Å². The topological polar surface area (TPSA) is 38.1 Å². The molecule has 0 bridgehead atoms. The molecule has 0 aliphatic heterocycles. The highest BCUT2D eigenvalue weighted by Crippen LogP contribution is 2.19. The van der Waals surface area contributed by atoms with Crippen molar-refractivity contribution in [2.45, 2.75) is 33.9 Å². The molecular formula is C24H26ClN3O. The second-order valence-corrected chi connectivity index (χ2v) is 7.77. The van der Waals surface area contributed by atoms with Crippen LogP contribution in [-0.2, 0) is 13.1 Å². The third-order valence-corrected chi connectivity index (χ3v) is 5.28. The predicted octanol–water partition coefficient (Wildman–Crippen LogP) is 5.34. The number of carbonyl (C=O) groups is 1. The first kappa shape index (κ1) is 20.9. The Balaban J connectivity index is 1.84. The van der Waals surface area contributed by atoms with Crippen LogP contribution in [0.15, 0.2) is 61.4 Å². The van der Waals surface area contributed by atoms with Gasteiger partial charge in [0.15, 0.2) is 0 Å². The zero-order valence-electron chi connectivity index (χ0n) is 17.2. The normalized spacial score (nSPS) is 10.8. The van der Waals surface area contributed by atoms with Gasteiger partial charge in [0, 0.05) is 36.1 Å². The number of benzene rings is 2. The van der Waals surface area contributed by atoms with Crippen LogP contribution >= 0.6 is 11.6 Å². The molecular weight excluding hydrogens is 382 g/mol. The zero-order valence-corrected chi connectivity index (χ0v) is 17.9. The molecule has 0 saturated heterocycles. The van der Waals surface area contributed by atoms with Crippen LogP contribution in [0.2, 0.25) is 5.02 Å². The van der Waals surface area contributed by atoms with Crippen LogP contribution in [0.3, 0.4) is 0 Å². The number of imidazole rings is 1. The first-order valence-electron chi connectivity index (χ1n) is 9.61. The van der Waals surface area contributed by atoms with E-state index in [1.807, 2.05) is 6.20 Å². The van der Waals surface area contributed by atoms with Crippen LogP contribution in [0.4, 0.5) is 0 Å². The monoisotopic (exact) mass is 407 g/mol. The van der Waals surface area contributed by atoms with Gasteiger partial charge in [-0.1, -0.05) is 35.4 Å². The summed E-state index contributed by atoms with van der Waals surface area (Å²) in [5, 5.41) is 0.608. The number of amides is 1. The lowest BCUT2D eigenvalue weighted by Crippen LogP contribution is -2.32. The Kier molecular flexibility index (Phi) is 6.55. The average Bonchev–Trinajstić information content (AvgIpc) is 3.11. The first-order valence-corrected chi connectivity index (χ1v) is 9.99. The van der Waals surface area contributed by atoms with Crippen LogP contribution in [0.1, 0.15) is 38.4 Å². The maximum Gasteiger partial charge on any atom is 0.254 e. The quantitative estimate of drug-likeness (QED) is 0.496. The lowest BCUT2D eigenvalue weighted by molar-refractivity contribution is 0.0757. The van der Waals surface area contributed by atoms with E-state index in [1.54, 1.807) is 41.4 Å². The van der Waals surface area contributed by atoms with E-state index in [1.165, 1.54) is 22.3 Å². The van der Waals surface area contributed by atoms with Crippen molar-refractivity contribution in [3.8, 4) is 0 Å². The minimum Gasteiger partial charge on any atom is -0.329 e. The predicted molar refractivity (Wildman–Crippen MR) is 118 cm³/mol. The molecule has 2 aromatic carbocycles. The van der Waals surface area contributed by atoms with Gasteiger partial charge in [-0.05, 0) is 61.7 Å². The van der Waals surface area contributed by atoms with Crippen LogP contribution < -0.4 is 0 Å². The number of hydrogen-bond acceptors (Lipinski definition) is 2. The van der Waals surface area contributed by atoms with E-state index in [0.717, 1.165) is 12.4 Å². The van der Waals surface area contributed by atoms with Crippen LogP contribution in [0.25, 0.3) is 0 Å². The molecule has 3 rings (SSSR count). The number of nitrogens with zero attached hydrogens (tertiary/aromatic N) is 3. The van der Waals surface area contributed by atoms with Crippen molar-refractivity contribution >= 4 is 17.5 Å². The molecule has 1 amide bonds. The number of hydrogen-bond donors (Lipinski definition) is 0. The fourth-order valence-electron chi connectivity index (χ4n) is 3.59. The van der Waals surface area contributed by atoms with E-state index in [2.05, 4.69) is 49.0 Å². The van der Waals surface area contributed by atoms with E-state index in [0.29, 0.717) is 23.7 Å². The van der Waals surface area contributed by atoms with Crippen molar-refractivity contribution in [3.05, 3.63) is 100 Å². The summed E-state index contributed by atoms with van der Waals surface area (Å²) in [4.78, 5) is 19.2. The summed E-state index contributed by atoms with van der Waals surface area (Å²) < 4.78 is 2.11. The van der Waals surface area contributed by atoms with E-state index in [-0.39, 0.29) is 5.91 Å². The average molecular weight is 408 g/mol. The first-order chi connectivity index (χ1) is 13.9. The molecule has 0 radical (unpaired) electrons. The second-order valence-electron chi connectivity index (χ2n) is 7.33. The van der Waals surface area contributed by atoms with E-state index in [4.69, 9.17) is 11.6 Å². The summed E-state index contributed by atoms with van der Waals surface area (Å²) in [5.74, 6) is 0.771. The van der Waals surface area contributed by atoms with Gasteiger partial charge in [0.05, 0.1) is 6.54 Å². The summed E-state index contributed by atoms with van der Waals surface area (Å²) >= 11 is 5.95. The molecule has 29 heavy (non-hydrogen) atoms. The van der Waals surface area contributed by atoms with Gasteiger partial charge in [-0.3, -0.25) is 4.79 Å². The van der Waals surface area contributed by atoms with Crippen LogP contribution in [0, 0.1) is 20.8 Å². The highest BCUT2D eigenvalue weighted by atomic mass is 35.5. The summed E-state index contributed by atoms with van der Waals surface area (Å²) in [6.45, 7) is 11.8. The largest absolute Gasteiger partial charge is 0.329 e. The highest BCUT2D eigenvalue weighted by Gasteiger charge is 2.18. The highest BCUT2D eigenvalue weighted by molar-refractivity contribution is 6.30. The molecule has 1 aromatic heterocycles. The van der Waals surface area contributed by atoms with Gasteiger partial charge >= 0.3 is 0 Å². The molecule has 150 valence electrons. The number of aromatic nitrogens is 2. The standard InChI is InChI=1S/C24H26ClN3O/c1-5-11-28(24(29)20-6-8-21(25)9-7-20)16-23-26-10-12-27(23)15-22-18(3)13-17(2)14-19(22)4/h5-10,12-14H,1,11,15-16H2,2-4H3. The Morgan fingerprint density at radius 2 is 1.83 bits per heavy atom. The zero-order chi connectivity index (χ0) is 21.0. The maximum absolute atomic E-state index is 13.0. The van der Waals surface area contributed by atoms with Crippen molar-refractivity contribution < 1.29 is 4.79 Å². The fourth-order valence-corrected chi connectivity index (χ4v) is 3.71. The number of aryl methyl sites for hydroxylation is 3. The van der Waals surface area contributed by atoms with Gasteiger partial charge in [0.2, 0.25) is 0 Å². The molecule has 0 N–H and O–H groups in total. The molecule has 5 heteroatoms. The van der Waals surface area contributed by atoms with Crippen molar-refractivity contribution in [3.63, 3.8) is 0 Å². The van der Waals surface area contributed by atoms with Gasteiger partial charge in [-0.15, -0.1) is 6.58 Å². The molecule has 3 aromatic rings. The Hall–Kier alpha value is -2.85. The van der Waals surface area contributed by atoms with Crippen LogP contribution in [-0.4, -0.2) is 26.9 Å². The molecule has 0 aliphatic carbocycles. The SMILES string of the molecule is C=CCN(Cc1nccn1Cc1c(C)cc(C)cc1C)C(=O)c1ccc(Cl)cc1. The molecule has 0 aliphatic rings. The Bertz CT molecular complexity index is 998. The Morgan fingerprint density at radius 3 is 2.45 bits per heavy atom. The van der Waals surface area contributed by atoms with Crippen molar-refractivity contribution in [2.75, 3.05) is 6.54 Å². The molecule has 1 heterocycles. The molecule has 0 spiro atoms. The third-order valence-electron chi connectivity index (χ3n) is 5.03. The minimum absolute atomic E-state index is 0.0705. The lowest BCUT2D eigenvalue weighted by atomic mass is 10.00.